The monoisotopic (exact) mass is 384 g/mol. The minimum Gasteiger partial charge on any atom is -0.490 e. The van der Waals surface area contributed by atoms with Gasteiger partial charge >= 0.3 is 6.03 Å². The highest BCUT2D eigenvalue weighted by molar-refractivity contribution is 6.01. The molecule has 0 bridgehead atoms. The average Bonchev–Trinajstić information content (AvgIpc) is 2.81. The summed E-state index contributed by atoms with van der Waals surface area (Å²) in [6.45, 7) is 5.92. The number of hydrogen-bond donors (Lipinski definition) is 3. The molecule has 3 N–H and O–H groups in total. The minimum absolute atomic E-state index is 0. The molecule has 2 aliphatic rings. The van der Waals surface area contributed by atoms with Gasteiger partial charge in [0.05, 0.1) is 19.8 Å². The Balaban J connectivity index is 0.00000243. The Labute approximate surface area is 159 Å². The number of carbonyl (C=O) groups is 2. The van der Waals surface area contributed by atoms with E-state index in [9.17, 15) is 9.59 Å². The maximum absolute atomic E-state index is 12.1. The average molecular weight is 385 g/mol. The predicted molar refractivity (Wildman–Crippen MR) is 100 cm³/mol. The summed E-state index contributed by atoms with van der Waals surface area (Å²) in [6, 6.07) is 4.88. The third kappa shape index (κ3) is 5.48. The molecule has 0 aromatic heterocycles. The molecule has 1 aromatic rings. The van der Waals surface area contributed by atoms with Crippen LogP contribution in [-0.4, -0.2) is 62.3 Å². The number of imide groups is 1. The van der Waals surface area contributed by atoms with Gasteiger partial charge in [0.2, 0.25) is 5.91 Å². The van der Waals surface area contributed by atoms with E-state index in [4.69, 9.17) is 9.47 Å². The van der Waals surface area contributed by atoms with Gasteiger partial charge in [0.25, 0.3) is 0 Å². The standard InChI is InChI=1S/C17H24N4O4.ClH/c1-12-10-18-5-6-21(12)11-16(22)20-17(23)19-13-3-4-14-15(9-13)25-8-2-7-24-14;/h3-4,9,12,18H,2,5-8,10-11H2,1H3,(H2,19,20,22,23);1H/t12-;/m1./s1. The molecule has 26 heavy (non-hydrogen) atoms. The van der Waals surface area contributed by atoms with Crippen LogP contribution in [0.1, 0.15) is 13.3 Å². The van der Waals surface area contributed by atoms with Gasteiger partial charge in [-0.15, -0.1) is 12.4 Å². The van der Waals surface area contributed by atoms with E-state index in [0.29, 0.717) is 30.4 Å². The van der Waals surface area contributed by atoms with Crippen molar-refractivity contribution in [2.24, 2.45) is 0 Å². The van der Waals surface area contributed by atoms with E-state index < -0.39 is 6.03 Å². The van der Waals surface area contributed by atoms with Gasteiger partial charge in [-0.1, -0.05) is 0 Å². The second-order valence-electron chi connectivity index (χ2n) is 6.24. The first-order valence-electron chi connectivity index (χ1n) is 8.57. The first kappa shape index (κ1) is 20.3. The summed E-state index contributed by atoms with van der Waals surface area (Å²) in [5.41, 5.74) is 0.546. The number of anilines is 1. The van der Waals surface area contributed by atoms with Crippen molar-refractivity contribution < 1.29 is 19.1 Å². The van der Waals surface area contributed by atoms with Crippen molar-refractivity contribution in [1.29, 1.82) is 0 Å². The number of carbonyl (C=O) groups excluding carboxylic acids is 2. The Morgan fingerprint density at radius 3 is 2.81 bits per heavy atom. The van der Waals surface area contributed by atoms with E-state index in [1.165, 1.54) is 0 Å². The molecule has 1 aromatic carbocycles. The molecule has 2 aliphatic heterocycles. The highest BCUT2D eigenvalue weighted by Gasteiger charge is 2.21. The number of piperazine rings is 1. The molecule has 0 saturated carbocycles. The summed E-state index contributed by atoms with van der Waals surface area (Å²) in [5.74, 6) is 0.934. The van der Waals surface area contributed by atoms with Crippen LogP contribution < -0.4 is 25.4 Å². The normalized spacial score (nSPS) is 19.7. The van der Waals surface area contributed by atoms with Crippen LogP contribution in [0.25, 0.3) is 0 Å². The first-order valence-corrected chi connectivity index (χ1v) is 8.57. The van der Waals surface area contributed by atoms with Gasteiger partial charge < -0.3 is 20.1 Å². The van der Waals surface area contributed by atoms with Crippen LogP contribution in [0.5, 0.6) is 11.5 Å². The van der Waals surface area contributed by atoms with Crippen molar-refractivity contribution in [3.05, 3.63) is 18.2 Å². The summed E-state index contributed by atoms with van der Waals surface area (Å²) in [7, 11) is 0. The fourth-order valence-corrected chi connectivity index (χ4v) is 2.87. The Morgan fingerprint density at radius 2 is 2.04 bits per heavy atom. The van der Waals surface area contributed by atoms with Crippen LogP contribution in [0.15, 0.2) is 18.2 Å². The predicted octanol–water partition coefficient (Wildman–Crippen LogP) is 1.21. The van der Waals surface area contributed by atoms with Crippen LogP contribution >= 0.6 is 12.4 Å². The molecule has 1 atom stereocenters. The lowest BCUT2D eigenvalue weighted by atomic mass is 10.2. The van der Waals surface area contributed by atoms with Crippen LogP contribution in [0.2, 0.25) is 0 Å². The number of ether oxygens (including phenoxy) is 2. The lowest BCUT2D eigenvalue weighted by Gasteiger charge is -2.33. The topological polar surface area (TPSA) is 91.9 Å². The highest BCUT2D eigenvalue weighted by atomic mass is 35.5. The molecule has 1 saturated heterocycles. The number of halogens is 1. The summed E-state index contributed by atoms with van der Waals surface area (Å²) >= 11 is 0. The number of nitrogens with one attached hydrogen (secondary N) is 3. The zero-order valence-corrected chi connectivity index (χ0v) is 15.6. The van der Waals surface area contributed by atoms with Crippen molar-refractivity contribution >= 4 is 30.0 Å². The Bertz CT molecular complexity index is 643. The van der Waals surface area contributed by atoms with Crippen molar-refractivity contribution in [2.75, 3.05) is 44.7 Å². The van der Waals surface area contributed by atoms with E-state index in [-0.39, 0.29) is 30.9 Å². The molecule has 3 amide bonds. The summed E-state index contributed by atoms with van der Waals surface area (Å²) in [6.07, 6.45) is 0.816. The van der Waals surface area contributed by atoms with E-state index in [1.54, 1.807) is 18.2 Å². The molecule has 9 heteroatoms. The van der Waals surface area contributed by atoms with E-state index in [0.717, 1.165) is 26.1 Å². The summed E-state index contributed by atoms with van der Waals surface area (Å²) in [4.78, 5) is 26.1. The maximum atomic E-state index is 12.1. The van der Waals surface area contributed by atoms with E-state index in [2.05, 4.69) is 22.9 Å². The number of urea groups is 1. The fraction of sp³-hybridized carbons (Fsp3) is 0.529. The second kappa shape index (κ2) is 9.61. The zero-order chi connectivity index (χ0) is 17.6. The third-order valence-corrected chi connectivity index (χ3v) is 4.24. The van der Waals surface area contributed by atoms with Crippen molar-refractivity contribution in [1.82, 2.24) is 15.5 Å². The van der Waals surface area contributed by atoms with Crippen LogP contribution in [0, 0.1) is 0 Å². The number of amides is 3. The molecule has 1 fully saturated rings. The number of nitrogens with zero attached hydrogens (tertiary/aromatic N) is 1. The quantitative estimate of drug-likeness (QED) is 0.725. The van der Waals surface area contributed by atoms with Gasteiger partial charge in [0.1, 0.15) is 0 Å². The highest BCUT2D eigenvalue weighted by Crippen LogP contribution is 2.32. The summed E-state index contributed by atoms with van der Waals surface area (Å²) < 4.78 is 11.1. The number of benzene rings is 1. The lowest BCUT2D eigenvalue weighted by Crippen LogP contribution is -2.53. The lowest BCUT2D eigenvalue weighted by molar-refractivity contribution is -0.121. The zero-order valence-electron chi connectivity index (χ0n) is 14.7. The maximum Gasteiger partial charge on any atom is 0.325 e. The first-order chi connectivity index (χ1) is 12.1. The molecule has 0 radical (unpaired) electrons. The summed E-state index contributed by atoms with van der Waals surface area (Å²) in [5, 5.41) is 8.29. The Morgan fingerprint density at radius 1 is 1.27 bits per heavy atom. The second-order valence-corrected chi connectivity index (χ2v) is 6.24. The van der Waals surface area contributed by atoms with Crippen LogP contribution in [0.3, 0.4) is 0 Å². The van der Waals surface area contributed by atoms with Gasteiger partial charge in [-0.3, -0.25) is 15.0 Å². The SMILES string of the molecule is C[C@@H]1CNCCN1CC(=O)NC(=O)Nc1ccc2c(c1)OCCCO2.Cl. The third-order valence-electron chi connectivity index (χ3n) is 4.24. The van der Waals surface area contributed by atoms with E-state index >= 15 is 0 Å². The van der Waals surface area contributed by atoms with Crippen molar-refractivity contribution in [3.63, 3.8) is 0 Å². The Kier molecular flexibility index (Phi) is 7.50. The van der Waals surface area contributed by atoms with Gasteiger partial charge in [0.15, 0.2) is 11.5 Å². The van der Waals surface area contributed by atoms with Gasteiger partial charge in [-0.2, -0.15) is 0 Å². The molecular weight excluding hydrogens is 360 g/mol. The van der Waals surface area contributed by atoms with E-state index in [1.807, 2.05) is 4.90 Å². The number of hydrogen-bond acceptors (Lipinski definition) is 6. The van der Waals surface area contributed by atoms with Gasteiger partial charge in [0, 0.05) is 43.9 Å². The molecule has 3 rings (SSSR count). The molecule has 0 unspecified atom stereocenters. The minimum atomic E-state index is -0.553. The largest absolute Gasteiger partial charge is 0.490 e. The van der Waals surface area contributed by atoms with Crippen molar-refractivity contribution in [2.45, 2.75) is 19.4 Å². The fourth-order valence-electron chi connectivity index (χ4n) is 2.87. The molecule has 2 heterocycles. The smallest absolute Gasteiger partial charge is 0.325 e. The van der Waals surface area contributed by atoms with Crippen molar-refractivity contribution in [3.8, 4) is 11.5 Å². The molecule has 0 aliphatic carbocycles. The van der Waals surface area contributed by atoms with Crippen LogP contribution in [-0.2, 0) is 4.79 Å². The molecule has 144 valence electrons. The molecule has 8 nitrogen and oxygen atoms in total. The van der Waals surface area contributed by atoms with Crippen LogP contribution in [0.4, 0.5) is 10.5 Å². The van der Waals surface area contributed by atoms with Gasteiger partial charge in [-0.25, -0.2) is 4.79 Å². The molecular formula is C17H25ClN4O4. The Hall–Kier alpha value is -2.03. The number of rotatable bonds is 3. The molecule has 0 spiro atoms. The van der Waals surface area contributed by atoms with Gasteiger partial charge in [-0.05, 0) is 19.1 Å². The number of fused-ring (bicyclic) bond motifs is 1.